The molecular formula is C19H19N3O4. The molecule has 7 nitrogen and oxygen atoms in total. The second kappa shape index (κ2) is 7.60. The fourth-order valence-corrected chi connectivity index (χ4v) is 2.55. The molecule has 0 unspecified atom stereocenters. The number of nitrogens with one attached hydrogen (secondary N) is 1. The van der Waals surface area contributed by atoms with Gasteiger partial charge in [0, 0.05) is 30.2 Å². The van der Waals surface area contributed by atoms with Crippen molar-refractivity contribution in [1.29, 1.82) is 0 Å². The molecule has 2 aromatic carbocycles. The summed E-state index contributed by atoms with van der Waals surface area (Å²) in [5.41, 5.74) is 1.82. The second-order valence-electron chi connectivity index (χ2n) is 5.36. The molecule has 0 saturated carbocycles. The fraction of sp³-hybridized carbons (Fsp3) is 0.158. The zero-order valence-corrected chi connectivity index (χ0v) is 14.7. The smallest absolute Gasteiger partial charge is 0.259 e. The predicted octanol–water partition coefficient (Wildman–Crippen LogP) is 3.15. The summed E-state index contributed by atoms with van der Waals surface area (Å²) >= 11 is 0. The Morgan fingerprint density at radius 1 is 0.962 bits per heavy atom. The van der Waals surface area contributed by atoms with Crippen molar-refractivity contribution in [2.24, 2.45) is 0 Å². The molecule has 1 N–H and O–H groups in total. The average molecular weight is 353 g/mol. The van der Waals surface area contributed by atoms with E-state index in [4.69, 9.17) is 14.2 Å². The van der Waals surface area contributed by atoms with Crippen LogP contribution in [-0.2, 0) is 0 Å². The SMILES string of the molecule is COc1cc(OC)c(C(=O)Nc2cccc(-n3cccn3)c2)cc1OC. The Hall–Kier alpha value is -3.48. The first-order valence-corrected chi connectivity index (χ1v) is 7.87. The third-order valence-corrected chi connectivity index (χ3v) is 3.82. The molecule has 7 heteroatoms. The van der Waals surface area contributed by atoms with Crippen LogP contribution >= 0.6 is 0 Å². The van der Waals surface area contributed by atoms with Gasteiger partial charge in [0.2, 0.25) is 0 Å². The van der Waals surface area contributed by atoms with Crippen LogP contribution in [0.25, 0.3) is 5.69 Å². The van der Waals surface area contributed by atoms with Gasteiger partial charge >= 0.3 is 0 Å². The van der Waals surface area contributed by atoms with Crippen LogP contribution in [0.5, 0.6) is 17.2 Å². The quantitative estimate of drug-likeness (QED) is 0.737. The Bertz CT molecular complexity index is 907. The molecule has 3 rings (SSSR count). The summed E-state index contributed by atoms with van der Waals surface area (Å²) in [5, 5.41) is 7.06. The lowest BCUT2D eigenvalue weighted by Gasteiger charge is -2.14. The molecule has 0 saturated heterocycles. The Balaban J connectivity index is 1.90. The van der Waals surface area contributed by atoms with Crippen molar-refractivity contribution < 1.29 is 19.0 Å². The molecule has 1 aromatic heterocycles. The number of nitrogens with zero attached hydrogens (tertiary/aromatic N) is 2. The molecule has 0 radical (unpaired) electrons. The largest absolute Gasteiger partial charge is 0.496 e. The van der Waals surface area contributed by atoms with Gasteiger partial charge in [0.05, 0.1) is 32.6 Å². The molecule has 26 heavy (non-hydrogen) atoms. The molecule has 0 aliphatic rings. The Kier molecular flexibility index (Phi) is 5.07. The van der Waals surface area contributed by atoms with E-state index in [1.807, 2.05) is 30.5 Å². The lowest BCUT2D eigenvalue weighted by Crippen LogP contribution is -2.14. The van der Waals surface area contributed by atoms with Crippen LogP contribution in [0, 0.1) is 0 Å². The minimum absolute atomic E-state index is 0.319. The molecule has 1 amide bonds. The van der Waals surface area contributed by atoms with Crippen molar-refractivity contribution in [3.8, 4) is 22.9 Å². The van der Waals surface area contributed by atoms with Crippen LogP contribution in [0.2, 0.25) is 0 Å². The summed E-state index contributed by atoms with van der Waals surface area (Å²) in [6, 6.07) is 12.4. The molecule has 3 aromatic rings. The van der Waals surface area contributed by atoms with Crippen molar-refractivity contribution in [3.63, 3.8) is 0 Å². The molecule has 134 valence electrons. The van der Waals surface area contributed by atoms with Gasteiger partial charge in [-0.1, -0.05) is 6.07 Å². The number of hydrogen-bond donors (Lipinski definition) is 1. The number of anilines is 1. The monoisotopic (exact) mass is 353 g/mol. The van der Waals surface area contributed by atoms with E-state index in [1.54, 1.807) is 29.1 Å². The van der Waals surface area contributed by atoms with Gasteiger partial charge < -0.3 is 19.5 Å². The first-order chi connectivity index (χ1) is 12.7. The van der Waals surface area contributed by atoms with E-state index in [9.17, 15) is 4.79 Å². The van der Waals surface area contributed by atoms with E-state index >= 15 is 0 Å². The Labute approximate surface area is 151 Å². The minimum Gasteiger partial charge on any atom is -0.496 e. The van der Waals surface area contributed by atoms with Crippen LogP contribution in [0.1, 0.15) is 10.4 Å². The van der Waals surface area contributed by atoms with Crippen LogP contribution in [0.15, 0.2) is 54.9 Å². The van der Waals surface area contributed by atoms with E-state index in [-0.39, 0.29) is 5.91 Å². The number of rotatable bonds is 6. The highest BCUT2D eigenvalue weighted by Gasteiger charge is 2.18. The highest BCUT2D eigenvalue weighted by atomic mass is 16.5. The van der Waals surface area contributed by atoms with Crippen molar-refractivity contribution in [2.45, 2.75) is 0 Å². The van der Waals surface area contributed by atoms with Gasteiger partial charge in [0.1, 0.15) is 5.75 Å². The second-order valence-corrected chi connectivity index (χ2v) is 5.36. The summed E-state index contributed by atoms with van der Waals surface area (Å²) in [7, 11) is 4.54. The number of carbonyl (C=O) groups excluding carboxylic acids is 1. The first-order valence-electron chi connectivity index (χ1n) is 7.87. The first kappa shape index (κ1) is 17.3. The normalized spacial score (nSPS) is 10.3. The van der Waals surface area contributed by atoms with E-state index in [1.165, 1.54) is 21.3 Å². The lowest BCUT2D eigenvalue weighted by molar-refractivity contribution is 0.102. The van der Waals surface area contributed by atoms with Gasteiger partial charge in [-0.2, -0.15) is 5.10 Å². The molecule has 0 fully saturated rings. The third-order valence-electron chi connectivity index (χ3n) is 3.82. The lowest BCUT2D eigenvalue weighted by atomic mass is 10.1. The standard InChI is InChI=1S/C19H19N3O4/c1-24-16-12-18(26-3)17(25-2)11-15(16)19(23)21-13-6-4-7-14(10-13)22-9-5-8-20-22/h4-12H,1-3H3,(H,21,23). The van der Waals surface area contributed by atoms with E-state index in [0.29, 0.717) is 28.5 Å². The fourth-order valence-electron chi connectivity index (χ4n) is 2.55. The highest BCUT2D eigenvalue weighted by Crippen LogP contribution is 2.35. The van der Waals surface area contributed by atoms with Crippen LogP contribution < -0.4 is 19.5 Å². The van der Waals surface area contributed by atoms with Crippen molar-refractivity contribution >= 4 is 11.6 Å². The summed E-state index contributed by atoms with van der Waals surface area (Å²) in [5.74, 6) is 1.01. The van der Waals surface area contributed by atoms with Gasteiger partial charge in [0.15, 0.2) is 11.5 Å². The van der Waals surface area contributed by atoms with Crippen molar-refractivity contribution in [2.75, 3.05) is 26.6 Å². The van der Waals surface area contributed by atoms with E-state index < -0.39 is 0 Å². The van der Waals surface area contributed by atoms with Crippen molar-refractivity contribution in [3.05, 3.63) is 60.4 Å². The molecule has 1 heterocycles. The number of benzene rings is 2. The molecule has 0 spiro atoms. The van der Waals surface area contributed by atoms with Crippen LogP contribution in [0.4, 0.5) is 5.69 Å². The van der Waals surface area contributed by atoms with Crippen LogP contribution in [0.3, 0.4) is 0 Å². The molecule has 0 aliphatic carbocycles. The molecule has 0 atom stereocenters. The van der Waals surface area contributed by atoms with Crippen molar-refractivity contribution in [1.82, 2.24) is 9.78 Å². The Morgan fingerprint density at radius 2 is 1.69 bits per heavy atom. The molecule has 0 bridgehead atoms. The molecule has 0 aliphatic heterocycles. The maximum Gasteiger partial charge on any atom is 0.259 e. The zero-order chi connectivity index (χ0) is 18.5. The van der Waals surface area contributed by atoms with Gasteiger partial charge in [-0.3, -0.25) is 4.79 Å². The van der Waals surface area contributed by atoms with Gasteiger partial charge in [-0.25, -0.2) is 4.68 Å². The predicted molar refractivity (Wildman–Crippen MR) is 97.6 cm³/mol. The van der Waals surface area contributed by atoms with E-state index in [0.717, 1.165) is 5.69 Å². The van der Waals surface area contributed by atoms with Crippen LogP contribution in [-0.4, -0.2) is 37.0 Å². The average Bonchev–Trinajstić information content (AvgIpc) is 3.21. The number of carbonyl (C=O) groups is 1. The summed E-state index contributed by atoms with van der Waals surface area (Å²) in [4.78, 5) is 12.7. The number of aromatic nitrogens is 2. The highest BCUT2D eigenvalue weighted by molar-refractivity contribution is 6.06. The number of ether oxygens (including phenoxy) is 3. The topological polar surface area (TPSA) is 74.6 Å². The summed E-state index contributed by atoms with van der Waals surface area (Å²) in [6.07, 6.45) is 3.53. The zero-order valence-electron chi connectivity index (χ0n) is 14.7. The number of methoxy groups -OCH3 is 3. The molecular weight excluding hydrogens is 334 g/mol. The van der Waals surface area contributed by atoms with Gasteiger partial charge in [-0.05, 0) is 24.3 Å². The van der Waals surface area contributed by atoms with Gasteiger partial charge in [-0.15, -0.1) is 0 Å². The van der Waals surface area contributed by atoms with Gasteiger partial charge in [0.25, 0.3) is 5.91 Å². The number of hydrogen-bond acceptors (Lipinski definition) is 5. The Morgan fingerprint density at radius 3 is 2.35 bits per heavy atom. The summed E-state index contributed by atoms with van der Waals surface area (Å²) in [6.45, 7) is 0. The number of amides is 1. The van der Waals surface area contributed by atoms with E-state index in [2.05, 4.69) is 10.4 Å². The maximum absolute atomic E-state index is 12.7. The maximum atomic E-state index is 12.7. The third kappa shape index (κ3) is 3.46. The minimum atomic E-state index is -0.319. The summed E-state index contributed by atoms with van der Waals surface area (Å²) < 4.78 is 17.5.